The Balaban J connectivity index is 1.84. The molecule has 2 nitrogen and oxygen atoms in total. The van der Waals surface area contributed by atoms with Gasteiger partial charge in [-0.2, -0.15) is 0 Å². The monoisotopic (exact) mass is 245 g/mol. The molecule has 1 aromatic rings. The van der Waals surface area contributed by atoms with E-state index in [0.717, 1.165) is 32.2 Å². The summed E-state index contributed by atoms with van der Waals surface area (Å²) in [4.78, 5) is 0. The Morgan fingerprint density at radius 3 is 2.50 bits per heavy atom. The van der Waals surface area contributed by atoms with E-state index in [-0.39, 0.29) is 6.04 Å². The summed E-state index contributed by atoms with van der Waals surface area (Å²) < 4.78 is 0. The van der Waals surface area contributed by atoms with Crippen LogP contribution in [0, 0.1) is 5.41 Å². The van der Waals surface area contributed by atoms with E-state index in [1.54, 1.807) is 0 Å². The predicted molar refractivity (Wildman–Crippen MR) is 73.2 cm³/mol. The second-order valence-corrected chi connectivity index (χ2v) is 6.78. The topological polar surface area (TPSA) is 32.3 Å². The van der Waals surface area contributed by atoms with Crippen LogP contribution >= 0.6 is 0 Å². The zero-order chi connectivity index (χ0) is 12.8. The third kappa shape index (κ3) is 1.98. The molecule has 3 rings (SSSR count). The molecule has 98 valence electrons. The number of hydrogen-bond donors (Lipinski definition) is 2. The summed E-state index contributed by atoms with van der Waals surface area (Å²) in [7, 11) is 0. The summed E-state index contributed by atoms with van der Waals surface area (Å²) in [5.74, 6) is 0. The maximum atomic E-state index is 11.0. The molecule has 2 N–H and O–H groups in total. The first-order chi connectivity index (χ1) is 8.50. The molecule has 1 aromatic carbocycles. The van der Waals surface area contributed by atoms with E-state index in [0.29, 0.717) is 5.41 Å². The fourth-order valence-corrected chi connectivity index (χ4v) is 3.43. The first kappa shape index (κ1) is 12.2. The Hall–Kier alpha value is -0.860. The van der Waals surface area contributed by atoms with Crippen LogP contribution < -0.4 is 5.32 Å². The van der Waals surface area contributed by atoms with Gasteiger partial charge >= 0.3 is 0 Å². The van der Waals surface area contributed by atoms with Gasteiger partial charge in [-0.25, -0.2) is 0 Å². The number of fused-ring (bicyclic) bond motifs is 1. The lowest BCUT2D eigenvalue weighted by atomic mass is 9.68. The first-order valence-electron chi connectivity index (χ1n) is 7.04. The van der Waals surface area contributed by atoms with Crippen LogP contribution in [0.25, 0.3) is 0 Å². The number of nitrogens with one attached hydrogen (secondary N) is 1. The van der Waals surface area contributed by atoms with Crippen molar-refractivity contribution in [2.75, 3.05) is 0 Å². The number of aliphatic hydroxyl groups is 1. The fourth-order valence-electron chi connectivity index (χ4n) is 3.43. The van der Waals surface area contributed by atoms with Crippen molar-refractivity contribution in [3.8, 4) is 0 Å². The highest BCUT2D eigenvalue weighted by molar-refractivity contribution is 5.36. The average Bonchev–Trinajstić information content (AvgIpc) is 2.78. The van der Waals surface area contributed by atoms with Gasteiger partial charge in [0.1, 0.15) is 0 Å². The fraction of sp³-hybridized carbons (Fsp3) is 0.625. The van der Waals surface area contributed by atoms with Gasteiger partial charge < -0.3 is 10.4 Å². The van der Waals surface area contributed by atoms with Crippen molar-refractivity contribution in [1.29, 1.82) is 0 Å². The minimum absolute atomic E-state index is 0.129. The Morgan fingerprint density at radius 2 is 1.78 bits per heavy atom. The lowest BCUT2D eigenvalue weighted by Gasteiger charge is -2.43. The Kier molecular flexibility index (Phi) is 2.76. The van der Waals surface area contributed by atoms with Crippen molar-refractivity contribution in [1.82, 2.24) is 5.32 Å². The molecule has 0 amide bonds. The molecule has 0 aromatic heterocycles. The van der Waals surface area contributed by atoms with Crippen molar-refractivity contribution in [2.45, 2.75) is 57.7 Å². The van der Waals surface area contributed by atoms with E-state index in [2.05, 4.69) is 43.4 Å². The number of hydrogen-bond acceptors (Lipinski definition) is 2. The molecular formula is C16H23NO. The highest BCUT2D eigenvalue weighted by atomic mass is 16.3. The Bertz CT molecular complexity index is 442. The van der Waals surface area contributed by atoms with Gasteiger partial charge in [0.2, 0.25) is 0 Å². The summed E-state index contributed by atoms with van der Waals surface area (Å²) >= 11 is 0. The minimum atomic E-state index is -0.553. The van der Waals surface area contributed by atoms with Gasteiger partial charge in [0, 0.05) is 6.54 Å². The highest BCUT2D eigenvalue weighted by Crippen LogP contribution is 2.47. The number of benzene rings is 1. The van der Waals surface area contributed by atoms with Crippen molar-refractivity contribution in [2.24, 2.45) is 5.41 Å². The summed E-state index contributed by atoms with van der Waals surface area (Å²) in [5, 5.41) is 14.5. The van der Waals surface area contributed by atoms with Gasteiger partial charge in [0.05, 0.1) is 11.6 Å². The van der Waals surface area contributed by atoms with Crippen molar-refractivity contribution in [3.63, 3.8) is 0 Å². The molecule has 2 heteroatoms. The quantitative estimate of drug-likeness (QED) is 0.796. The van der Waals surface area contributed by atoms with Crippen molar-refractivity contribution in [3.05, 3.63) is 35.4 Å². The second kappa shape index (κ2) is 4.07. The van der Waals surface area contributed by atoms with Crippen LogP contribution in [0.4, 0.5) is 0 Å². The molecule has 1 aliphatic carbocycles. The summed E-state index contributed by atoms with van der Waals surface area (Å²) in [5.41, 5.74) is 2.49. The Labute approximate surface area is 109 Å². The summed E-state index contributed by atoms with van der Waals surface area (Å²) in [6, 6.07) is 8.62. The van der Waals surface area contributed by atoms with Crippen LogP contribution in [0.1, 0.15) is 56.7 Å². The van der Waals surface area contributed by atoms with Gasteiger partial charge in [-0.15, -0.1) is 0 Å². The standard InChI is InChI=1S/C16H23NO/c1-15(2)7-9-16(18,10-8-15)14-13-6-4-3-5-12(13)11-17-14/h3-6,14,17-18H,7-11H2,1-2H3. The third-order valence-corrected chi connectivity index (χ3v) is 4.87. The predicted octanol–water partition coefficient (Wildman–Crippen LogP) is 3.16. The van der Waals surface area contributed by atoms with E-state index in [1.807, 2.05) is 0 Å². The van der Waals surface area contributed by atoms with Crippen LogP contribution in [0.5, 0.6) is 0 Å². The molecule has 1 aliphatic heterocycles. The van der Waals surface area contributed by atoms with E-state index in [4.69, 9.17) is 0 Å². The molecule has 1 heterocycles. The summed E-state index contributed by atoms with van der Waals surface area (Å²) in [6.07, 6.45) is 4.05. The smallest absolute Gasteiger partial charge is 0.0842 e. The van der Waals surface area contributed by atoms with Gasteiger partial charge in [0.15, 0.2) is 0 Å². The number of rotatable bonds is 1. The zero-order valence-electron chi connectivity index (χ0n) is 11.4. The SMILES string of the molecule is CC1(C)CCC(O)(C2NCc3ccccc32)CC1. The normalized spacial score (nSPS) is 28.9. The van der Waals surface area contributed by atoms with Crippen LogP contribution in [0.15, 0.2) is 24.3 Å². The first-order valence-corrected chi connectivity index (χ1v) is 7.04. The van der Waals surface area contributed by atoms with E-state index < -0.39 is 5.60 Å². The molecule has 0 bridgehead atoms. The second-order valence-electron chi connectivity index (χ2n) is 6.78. The molecule has 2 aliphatic rings. The van der Waals surface area contributed by atoms with Crippen LogP contribution in [0.2, 0.25) is 0 Å². The lowest BCUT2D eigenvalue weighted by molar-refractivity contribution is -0.0534. The van der Waals surface area contributed by atoms with Crippen molar-refractivity contribution >= 4 is 0 Å². The molecule has 1 saturated carbocycles. The molecule has 1 fully saturated rings. The van der Waals surface area contributed by atoms with Crippen LogP contribution in [-0.4, -0.2) is 10.7 Å². The average molecular weight is 245 g/mol. The molecule has 0 saturated heterocycles. The lowest BCUT2D eigenvalue weighted by Crippen LogP contribution is -2.45. The van der Waals surface area contributed by atoms with E-state index in [1.165, 1.54) is 11.1 Å². The van der Waals surface area contributed by atoms with Gasteiger partial charge in [-0.05, 0) is 42.2 Å². The molecule has 18 heavy (non-hydrogen) atoms. The van der Waals surface area contributed by atoms with Gasteiger partial charge in [0.25, 0.3) is 0 Å². The third-order valence-electron chi connectivity index (χ3n) is 4.87. The highest BCUT2D eigenvalue weighted by Gasteiger charge is 2.45. The maximum absolute atomic E-state index is 11.0. The Morgan fingerprint density at radius 1 is 1.11 bits per heavy atom. The zero-order valence-corrected chi connectivity index (χ0v) is 11.4. The molecule has 0 radical (unpaired) electrons. The van der Waals surface area contributed by atoms with Gasteiger partial charge in [-0.1, -0.05) is 38.1 Å². The molecular weight excluding hydrogens is 222 g/mol. The summed E-state index contributed by atoms with van der Waals surface area (Å²) in [6.45, 7) is 5.51. The van der Waals surface area contributed by atoms with Gasteiger partial charge in [-0.3, -0.25) is 0 Å². The van der Waals surface area contributed by atoms with Crippen molar-refractivity contribution < 1.29 is 5.11 Å². The molecule has 0 spiro atoms. The molecule has 1 atom stereocenters. The minimum Gasteiger partial charge on any atom is -0.388 e. The van der Waals surface area contributed by atoms with E-state index in [9.17, 15) is 5.11 Å². The van der Waals surface area contributed by atoms with E-state index >= 15 is 0 Å². The molecule has 1 unspecified atom stereocenters. The maximum Gasteiger partial charge on any atom is 0.0842 e. The largest absolute Gasteiger partial charge is 0.388 e. The van der Waals surface area contributed by atoms with Crippen LogP contribution in [0.3, 0.4) is 0 Å². The van der Waals surface area contributed by atoms with Crippen LogP contribution in [-0.2, 0) is 6.54 Å².